The third kappa shape index (κ3) is 13.0. The maximum atomic E-state index is 14.7. The zero-order chi connectivity index (χ0) is 47.7. The van der Waals surface area contributed by atoms with E-state index >= 15 is 0 Å². The van der Waals surface area contributed by atoms with Crippen LogP contribution in [0, 0.1) is 11.8 Å². The lowest BCUT2D eigenvalue weighted by Crippen LogP contribution is -2.56. The van der Waals surface area contributed by atoms with E-state index in [1.54, 1.807) is 38.1 Å². The van der Waals surface area contributed by atoms with E-state index in [4.69, 9.17) is 9.47 Å². The van der Waals surface area contributed by atoms with Crippen LogP contribution >= 0.6 is 0 Å². The zero-order valence-corrected chi connectivity index (χ0v) is 37.0. The van der Waals surface area contributed by atoms with E-state index < -0.39 is 64.8 Å². The van der Waals surface area contributed by atoms with E-state index in [9.17, 15) is 45.5 Å². The molecule has 352 valence electrons. The molecule has 1 saturated carbocycles. The third-order valence-electron chi connectivity index (χ3n) is 10.6. The van der Waals surface area contributed by atoms with Crippen LogP contribution in [0.4, 0.5) is 36.8 Å². The summed E-state index contributed by atoms with van der Waals surface area (Å²) in [6.45, 7) is 7.16. The number of amides is 3. The molecule has 3 amide bonds. The number of hydrogen-bond acceptors (Lipinski definition) is 10. The van der Waals surface area contributed by atoms with Crippen molar-refractivity contribution in [1.82, 2.24) is 35.7 Å². The first-order valence-corrected chi connectivity index (χ1v) is 21.1. The molecule has 2 aromatic heterocycles. The largest absolute Gasteiger partial charge is 0.478 e. The number of anilines is 1. The molecule has 1 atom stereocenters. The van der Waals surface area contributed by atoms with Gasteiger partial charge in [-0.05, 0) is 114 Å². The fourth-order valence-electron chi connectivity index (χ4n) is 7.01. The molecule has 1 fully saturated rings. The van der Waals surface area contributed by atoms with Crippen LogP contribution in [-0.4, -0.2) is 106 Å². The highest BCUT2D eigenvalue weighted by Gasteiger charge is 2.75. The summed E-state index contributed by atoms with van der Waals surface area (Å²) < 4.78 is 96.7. The smallest absolute Gasteiger partial charge is 0.407 e. The minimum Gasteiger partial charge on any atom is -0.478 e. The number of rotatable bonds is 19. The SMILES string of the molecule is CC(=O)C(F)(F)C(F)(F)C(F)(F)c1nc(-c2ccc(NC(=O)[C@H](Cc3cccc(-c4ccc(OCCCN(C)C)nc4)c3)NC(=O)C3CCC(CNC(=O)OC(C)(C)C)CC3)cc2)n[nH]1. The molecule has 4 N–H and O–H groups in total. The van der Waals surface area contributed by atoms with Gasteiger partial charge in [-0.15, -0.1) is 0 Å². The van der Waals surface area contributed by atoms with Crippen molar-refractivity contribution in [3.8, 4) is 28.4 Å². The van der Waals surface area contributed by atoms with Crippen LogP contribution in [0.15, 0.2) is 66.9 Å². The molecule has 0 aliphatic heterocycles. The van der Waals surface area contributed by atoms with E-state index in [2.05, 4.69) is 35.9 Å². The molecule has 1 aliphatic rings. The number of aromatic nitrogens is 4. The highest BCUT2D eigenvalue weighted by molar-refractivity contribution is 5.98. The molecule has 14 nitrogen and oxygen atoms in total. The molecule has 2 heterocycles. The summed E-state index contributed by atoms with van der Waals surface area (Å²) in [6.07, 6.45) is 4.42. The van der Waals surface area contributed by atoms with Crippen molar-refractivity contribution in [2.45, 2.75) is 95.6 Å². The predicted molar refractivity (Wildman–Crippen MR) is 229 cm³/mol. The number of hydrogen-bond donors (Lipinski definition) is 4. The number of halogens is 6. The average Bonchev–Trinajstić information content (AvgIpc) is 3.76. The van der Waals surface area contributed by atoms with Crippen LogP contribution in [-0.2, 0) is 31.5 Å². The molecule has 0 saturated heterocycles. The van der Waals surface area contributed by atoms with Gasteiger partial charge in [0, 0.05) is 61.4 Å². The lowest BCUT2D eigenvalue weighted by atomic mass is 9.81. The standard InChI is InChI=1S/C45H54F6N8O6/c1-27(60)43(46,47)45(50,51)44(48,49)40-56-37(57-58-40)30-15-18-34(19-16-30)54-39(62)35(55-38(61)31-13-11-28(12-14-31)25-53-41(63)65-42(2,3)4)24-29-9-7-10-32(23-29)33-17-20-36(52-26-33)64-22-8-21-59(5)6/h7,9-10,15-20,23,26,28,31,35H,8,11-14,21-22,24-25H2,1-6H3,(H,53,63)(H,54,62)(H,55,61)(H,56,57,58)/t28?,31?,35-/m0/s1. The Balaban J connectivity index is 1.29. The molecular formula is C45H54F6N8O6. The number of H-pyrrole nitrogens is 1. The summed E-state index contributed by atoms with van der Waals surface area (Å²) in [5.41, 5.74) is 1.84. The Bertz CT molecular complexity index is 2260. The summed E-state index contributed by atoms with van der Waals surface area (Å²) >= 11 is 0. The first-order chi connectivity index (χ1) is 30.5. The Hall–Kier alpha value is -6.05. The van der Waals surface area contributed by atoms with Gasteiger partial charge >= 0.3 is 23.9 Å². The number of aromatic amines is 1. The highest BCUT2D eigenvalue weighted by Crippen LogP contribution is 2.50. The van der Waals surface area contributed by atoms with Crippen molar-refractivity contribution in [2.75, 3.05) is 39.1 Å². The summed E-state index contributed by atoms with van der Waals surface area (Å²) in [7, 11) is 3.97. The second-order valence-electron chi connectivity index (χ2n) is 17.3. The van der Waals surface area contributed by atoms with E-state index in [0.29, 0.717) is 50.3 Å². The van der Waals surface area contributed by atoms with Crippen LogP contribution < -0.4 is 20.7 Å². The Kier molecular flexibility index (Phi) is 16.0. The predicted octanol–water partition coefficient (Wildman–Crippen LogP) is 7.81. The molecule has 0 bridgehead atoms. The minimum atomic E-state index is -6.13. The molecular weight excluding hydrogens is 863 g/mol. The van der Waals surface area contributed by atoms with Gasteiger partial charge in [0.15, 0.2) is 5.82 Å². The van der Waals surface area contributed by atoms with Gasteiger partial charge in [-0.25, -0.2) is 14.8 Å². The normalized spacial score (nSPS) is 16.4. The first-order valence-electron chi connectivity index (χ1n) is 21.1. The van der Waals surface area contributed by atoms with Crippen LogP contribution in [0.3, 0.4) is 0 Å². The van der Waals surface area contributed by atoms with Crippen molar-refractivity contribution in [3.05, 3.63) is 78.2 Å². The number of alkyl halides is 6. The average molecular weight is 917 g/mol. The Labute approximate surface area is 372 Å². The Morgan fingerprint density at radius 1 is 0.892 bits per heavy atom. The quantitative estimate of drug-likeness (QED) is 0.0535. The van der Waals surface area contributed by atoms with Crippen molar-refractivity contribution in [2.24, 2.45) is 11.8 Å². The number of pyridine rings is 1. The summed E-state index contributed by atoms with van der Waals surface area (Å²) in [5, 5.41) is 13.5. The van der Waals surface area contributed by atoms with Gasteiger partial charge in [0.25, 0.3) is 0 Å². The number of nitrogens with zero attached hydrogens (tertiary/aromatic N) is 4. The van der Waals surface area contributed by atoms with Crippen LogP contribution in [0.1, 0.15) is 71.2 Å². The molecule has 0 spiro atoms. The molecule has 4 aromatic rings. The topological polar surface area (TPSA) is 181 Å². The summed E-state index contributed by atoms with van der Waals surface area (Å²) in [4.78, 5) is 60.9. The molecule has 65 heavy (non-hydrogen) atoms. The maximum absolute atomic E-state index is 14.7. The Morgan fingerprint density at radius 2 is 1.57 bits per heavy atom. The number of benzene rings is 2. The monoisotopic (exact) mass is 916 g/mol. The number of carbonyl (C=O) groups excluding carboxylic acids is 4. The number of nitrogens with one attached hydrogen (secondary N) is 4. The molecule has 0 radical (unpaired) electrons. The number of carbonyl (C=O) groups is 4. The minimum absolute atomic E-state index is 0.0140. The van der Waals surface area contributed by atoms with Crippen molar-refractivity contribution >= 4 is 29.4 Å². The van der Waals surface area contributed by atoms with E-state index in [0.717, 1.165) is 24.1 Å². The molecule has 5 rings (SSSR count). The van der Waals surface area contributed by atoms with Gasteiger partial charge in [-0.2, -0.15) is 31.4 Å². The number of ether oxygens (including phenoxy) is 2. The van der Waals surface area contributed by atoms with Crippen LogP contribution in [0.2, 0.25) is 0 Å². The van der Waals surface area contributed by atoms with Crippen molar-refractivity contribution < 1.29 is 55.0 Å². The van der Waals surface area contributed by atoms with Gasteiger partial charge in [0.2, 0.25) is 29.3 Å². The number of Topliss-reactive ketones (excluding diaryl/α,β-unsaturated/α-hetero) is 1. The van der Waals surface area contributed by atoms with E-state index in [-0.39, 0.29) is 36.4 Å². The first kappa shape index (κ1) is 50.0. The van der Waals surface area contributed by atoms with Gasteiger partial charge in [-0.3, -0.25) is 19.5 Å². The lowest BCUT2D eigenvalue weighted by molar-refractivity contribution is -0.304. The third-order valence-corrected chi connectivity index (χ3v) is 10.6. The summed E-state index contributed by atoms with van der Waals surface area (Å²) in [5.74, 6) is -23.1. The maximum Gasteiger partial charge on any atom is 0.407 e. The second kappa shape index (κ2) is 20.8. The molecule has 0 unspecified atom stereocenters. The second-order valence-corrected chi connectivity index (χ2v) is 17.3. The van der Waals surface area contributed by atoms with Crippen LogP contribution in [0.25, 0.3) is 22.5 Å². The van der Waals surface area contributed by atoms with E-state index in [1.807, 2.05) is 44.4 Å². The molecule has 20 heteroatoms. The van der Waals surface area contributed by atoms with Crippen LogP contribution in [0.5, 0.6) is 5.88 Å². The fraction of sp³-hybridized carbons (Fsp3) is 0.489. The van der Waals surface area contributed by atoms with Gasteiger partial charge in [-0.1, -0.05) is 24.3 Å². The Morgan fingerprint density at radius 3 is 2.18 bits per heavy atom. The summed E-state index contributed by atoms with van der Waals surface area (Å²) in [6, 6.07) is 15.2. The van der Waals surface area contributed by atoms with Gasteiger partial charge in [0.1, 0.15) is 11.6 Å². The highest BCUT2D eigenvalue weighted by atomic mass is 19.3. The fourth-order valence-corrected chi connectivity index (χ4v) is 7.01. The number of ketones is 1. The molecule has 1 aliphatic carbocycles. The van der Waals surface area contributed by atoms with Crippen molar-refractivity contribution in [3.63, 3.8) is 0 Å². The van der Waals surface area contributed by atoms with Crippen molar-refractivity contribution in [1.29, 1.82) is 0 Å². The number of alkyl carbamates (subject to hydrolysis) is 1. The van der Waals surface area contributed by atoms with Gasteiger partial charge in [0.05, 0.1) is 6.61 Å². The lowest BCUT2D eigenvalue weighted by Gasteiger charge is -2.29. The van der Waals surface area contributed by atoms with E-state index in [1.165, 1.54) is 24.3 Å². The zero-order valence-electron chi connectivity index (χ0n) is 37.0. The van der Waals surface area contributed by atoms with Gasteiger partial charge < -0.3 is 30.3 Å². The molecule has 2 aromatic carbocycles.